The molecule has 0 spiro atoms. The van der Waals surface area contributed by atoms with E-state index in [2.05, 4.69) is 15.0 Å². The summed E-state index contributed by atoms with van der Waals surface area (Å²) in [6, 6.07) is 11.2. The number of nitrogens with one attached hydrogen (secondary N) is 1. The van der Waals surface area contributed by atoms with E-state index >= 15 is 0 Å². The first-order chi connectivity index (χ1) is 10.3. The zero-order valence-corrected chi connectivity index (χ0v) is 11.7. The number of hydrogen-bond acceptors (Lipinski definition) is 4. The Morgan fingerprint density at radius 3 is 2.95 bits per heavy atom. The molecule has 5 nitrogen and oxygen atoms in total. The molecule has 0 bridgehead atoms. The van der Waals surface area contributed by atoms with E-state index in [9.17, 15) is 4.79 Å². The predicted molar refractivity (Wildman–Crippen MR) is 80.9 cm³/mol. The van der Waals surface area contributed by atoms with Crippen molar-refractivity contribution in [1.82, 2.24) is 15.0 Å². The largest absolute Gasteiger partial charge is 0.374 e. The molecular weight excluding hydrogens is 266 g/mol. The molecule has 0 saturated heterocycles. The van der Waals surface area contributed by atoms with Gasteiger partial charge >= 0.3 is 0 Å². The van der Waals surface area contributed by atoms with Gasteiger partial charge in [0.2, 0.25) is 0 Å². The second-order valence-electron chi connectivity index (χ2n) is 4.60. The molecule has 0 aliphatic rings. The zero-order chi connectivity index (χ0) is 14.7. The van der Waals surface area contributed by atoms with E-state index in [-0.39, 0.29) is 12.2 Å². The summed E-state index contributed by atoms with van der Waals surface area (Å²) in [5.41, 5.74) is 2.10. The molecule has 0 aliphatic carbocycles. The molecule has 2 heterocycles. The Bertz CT molecular complexity index is 822. The topological polar surface area (TPSA) is 67.9 Å². The minimum Gasteiger partial charge on any atom is -0.374 e. The number of para-hydroxylation sites is 1. The number of aromatic amines is 1. The molecule has 0 radical (unpaired) electrons. The van der Waals surface area contributed by atoms with E-state index in [4.69, 9.17) is 4.74 Å². The van der Waals surface area contributed by atoms with E-state index < -0.39 is 0 Å². The van der Waals surface area contributed by atoms with Gasteiger partial charge in [0, 0.05) is 29.8 Å². The van der Waals surface area contributed by atoms with Crippen molar-refractivity contribution in [2.45, 2.75) is 13.5 Å². The van der Waals surface area contributed by atoms with Crippen LogP contribution in [0.25, 0.3) is 22.2 Å². The highest BCUT2D eigenvalue weighted by Crippen LogP contribution is 2.24. The quantitative estimate of drug-likeness (QED) is 0.798. The van der Waals surface area contributed by atoms with Crippen LogP contribution in [0.1, 0.15) is 12.7 Å². The summed E-state index contributed by atoms with van der Waals surface area (Å²) in [6.07, 6.45) is 1.74. The van der Waals surface area contributed by atoms with Gasteiger partial charge in [-0.15, -0.1) is 0 Å². The molecule has 0 saturated carbocycles. The highest BCUT2D eigenvalue weighted by atomic mass is 16.5. The molecule has 1 N–H and O–H groups in total. The Morgan fingerprint density at radius 2 is 2.10 bits per heavy atom. The lowest BCUT2D eigenvalue weighted by Crippen LogP contribution is -2.12. The summed E-state index contributed by atoms with van der Waals surface area (Å²) >= 11 is 0. The number of benzene rings is 1. The lowest BCUT2D eigenvalue weighted by Gasteiger charge is -2.07. The van der Waals surface area contributed by atoms with E-state index in [0.717, 1.165) is 16.5 Å². The SMILES string of the molecule is CCOCc1nc(-c2cccc3cccnc23)cc(=O)[nH]1. The number of hydrogen-bond donors (Lipinski definition) is 1. The molecule has 0 fully saturated rings. The van der Waals surface area contributed by atoms with Crippen LogP contribution in [-0.4, -0.2) is 21.6 Å². The van der Waals surface area contributed by atoms with Crippen molar-refractivity contribution in [3.05, 3.63) is 58.8 Å². The lowest BCUT2D eigenvalue weighted by atomic mass is 10.1. The molecular formula is C16H15N3O2. The maximum atomic E-state index is 11.8. The van der Waals surface area contributed by atoms with Crippen molar-refractivity contribution in [1.29, 1.82) is 0 Å². The van der Waals surface area contributed by atoms with Gasteiger partial charge in [0.15, 0.2) is 0 Å². The molecule has 106 valence electrons. The van der Waals surface area contributed by atoms with E-state index in [1.54, 1.807) is 6.20 Å². The van der Waals surface area contributed by atoms with Gasteiger partial charge in [-0.25, -0.2) is 4.98 Å². The summed E-state index contributed by atoms with van der Waals surface area (Å²) < 4.78 is 5.30. The lowest BCUT2D eigenvalue weighted by molar-refractivity contribution is 0.128. The van der Waals surface area contributed by atoms with Crippen molar-refractivity contribution in [2.24, 2.45) is 0 Å². The monoisotopic (exact) mass is 281 g/mol. The van der Waals surface area contributed by atoms with Gasteiger partial charge in [-0.3, -0.25) is 9.78 Å². The van der Waals surface area contributed by atoms with Gasteiger partial charge in [-0.1, -0.05) is 24.3 Å². The van der Waals surface area contributed by atoms with Crippen molar-refractivity contribution >= 4 is 10.9 Å². The second-order valence-corrected chi connectivity index (χ2v) is 4.60. The number of rotatable bonds is 4. The first-order valence-electron chi connectivity index (χ1n) is 6.80. The Balaban J connectivity index is 2.14. The highest BCUT2D eigenvalue weighted by molar-refractivity contribution is 5.92. The standard InChI is InChI=1S/C16H15N3O2/c1-2-21-10-14-18-13(9-15(20)19-14)12-7-3-5-11-6-4-8-17-16(11)12/h3-9H,2,10H2,1H3,(H,18,19,20). The summed E-state index contributed by atoms with van der Waals surface area (Å²) in [6.45, 7) is 2.76. The molecule has 3 rings (SSSR count). The number of ether oxygens (including phenoxy) is 1. The van der Waals surface area contributed by atoms with Crippen molar-refractivity contribution in [2.75, 3.05) is 6.61 Å². The van der Waals surface area contributed by atoms with Crippen LogP contribution in [0, 0.1) is 0 Å². The number of nitrogens with zero attached hydrogens (tertiary/aromatic N) is 2. The van der Waals surface area contributed by atoms with Crippen LogP contribution in [-0.2, 0) is 11.3 Å². The fourth-order valence-corrected chi connectivity index (χ4v) is 2.22. The fourth-order valence-electron chi connectivity index (χ4n) is 2.22. The van der Waals surface area contributed by atoms with Crippen LogP contribution in [0.2, 0.25) is 0 Å². The Morgan fingerprint density at radius 1 is 1.24 bits per heavy atom. The summed E-state index contributed by atoms with van der Waals surface area (Å²) in [4.78, 5) is 23.4. The third-order valence-electron chi connectivity index (χ3n) is 3.14. The Kier molecular flexibility index (Phi) is 3.75. The molecule has 3 aromatic rings. The average molecular weight is 281 g/mol. The molecule has 0 unspecified atom stereocenters. The molecule has 21 heavy (non-hydrogen) atoms. The minimum atomic E-state index is -0.192. The molecule has 0 amide bonds. The van der Waals surface area contributed by atoms with Crippen molar-refractivity contribution in [3.63, 3.8) is 0 Å². The average Bonchev–Trinajstić information content (AvgIpc) is 2.52. The third kappa shape index (κ3) is 2.83. The highest BCUT2D eigenvalue weighted by Gasteiger charge is 2.08. The smallest absolute Gasteiger partial charge is 0.251 e. The first-order valence-corrected chi connectivity index (χ1v) is 6.80. The number of aromatic nitrogens is 3. The molecule has 1 aromatic carbocycles. The third-order valence-corrected chi connectivity index (χ3v) is 3.14. The fraction of sp³-hybridized carbons (Fsp3) is 0.188. The summed E-state index contributed by atoms with van der Waals surface area (Å²) in [5.74, 6) is 0.521. The molecule has 0 aliphatic heterocycles. The van der Waals surface area contributed by atoms with Crippen LogP contribution in [0.3, 0.4) is 0 Å². The second kappa shape index (κ2) is 5.85. The van der Waals surface area contributed by atoms with Crippen LogP contribution in [0.4, 0.5) is 0 Å². The molecule has 0 atom stereocenters. The Hall–Kier alpha value is -2.53. The summed E-state index contributed by atoms with van der Waals surface area (Å²) in [7, 11) is 0. The molecule has 2 aromatic heterocycles. The maximum Gasteiger partial charge on any atom is 0.251 e. The van der Waals surface area contributed by atoms with E-state index in [1.807, 2.05) is 37.3 Å². The van der Waals surface area contributed by atoms with Crippen molar-refractivity contribution in [3.8, 4) is 11.3 Å². The van der Waals surface area contributed by atoms with Crippen LogP contribution in [0.15, 0.2) is 47.4 Å². The maximum absolute atomic E-state index is 11.8. The van der Waals surface area contributed by atoms with E-state index in [1.165, 1.54) is 6.07 Å². The summed E-state index contributed by atoms with van der Waals surface area (Å²) in [5, 5.41) is 1.02. The zero-order valence-electron chi connectivity index (χ0n) is 11.7. The van der Waals surface area contributed by atoms with E-state index in [0.29, 0.717) is 18.1 Å². The van der Waals surface area contributed by atoms with Gasteiger partial charge in [0.05, 0.1) is 11.2 Å². The number of pyridine rings is 1. The van der Waals surface area contributed by atoms with Gasteiger partial charge in [-0.2, -0.15) is 0 Å². The van der Waals surface area contributed by atoms with Crippen LogP contribution < -0.4 is 5.56 Å². The van der Waals surface area contributed by atoms with Gasteiger partial charge in [0.25, 0.3) is 5.56 Å². The molecule has 5 heteroatoms. The van der Waals surface area contributed by atoms with Gasteiger partial charge in [-0.05, 0) is 13.0 Å². The van der Waals surface area contributed by atoms with Gasteiger partial charge < -0.3 is 9.72 Å². The normalized spacial score (nSPS) is 10.9. The number of fused-ring (bicyclic) bond motifs is 1. The first kappa shape index (κ1) is 13.5. The van der Waals surface area contributed by atoms with Gasteiger partial charge in [0.1, 0.15) is 12.4 Å². The minimum absolute atomic E-state index is 0.192. The van der Waals surface area contributed by atoms with Crippen LogP contribution >= 0.6 is 0 Å². The Labute approximate surface area is 121 Å². The van der Waals surface area contributed by atoms with Crippen molar-refractivity contribution < 1.29 is 4.74 Å². The van der Waals surface area contributed by atoms with Crippen LogP contribution in [0.5, 0.6) is 0 Å². The predicted octanol–water partition coefficient (Wildman–Crippen LogP) is 2.52. The number of H-pyrrole nitrogens is 1.